The summed E-state index contributed by atoms with van der Waals surface area (Å²) in [6.07, 6.45) is -1.07. The quantitative estimate of drug-likeness (QED) is 0.0127. The van der Waals surface area contributed by atoms with Crippen LogP contribution in [0, 0.1) is 0 Å². The average Bonchev–Trinajstić information content (AvgIpc) is 1.72. The number of hydrogen-bond donors (Lipinski definition) is 24. The summed E-state index contributed by atoms with van der Waals surface area (Å²) in [5.41, 5.74) is 28.7. The fourth-order valence-corrected chi connectivity index (χ4v) is 13.3. The second-order valence-electron chi connectivity index (χ2n) is 27.8. The van der Waals surface area contributed by atoms with Crippen molar-refractivity contribution in [2.45, 2.75) is 201 Å². The monoisotopic (exact) mass is 1700 g/mol. The molecule has 15 amide bonds. The van der Waals surface area contributed by atoms with Crippen molar-refractivity contribution >= 4 is 144 Å². The van der Waals surface area contributed by atoms with Gasteiger partial charge in [0, 0.05) is 50.4 Å². The number of phenolic OH excluding ortho intramolecular Hbond substituents is 1. The molecule has 2 aromatic rings. The number of carboxylic acid groups (broad SMARTS) is 2. The summed E-state index contributed by atoms with van der Waals surface area (Å²) in [5.74, 6) is -17.8. The van der Waals surface area contributed by atoms with Gasteiger partial charge in [-0.15, -0.1) is 0 Å². The Labute approximate surface area is 689 Å². The van der Waals surface area contributed by atoms with Gasteiger partial charge < -0.3 is 128 Å². The number of nitrogens with zero attached hydrogens (tertiary/aromatic N) is 3. The molecular formula is C72H110N20O22S3. The second-order valence-corrected chi connectivity index (χ2v) is 29.5. The number of unbranched alkanes of at least 4 members (excludes halogenated alkanes) is 1. The number of aromatic hydroxyl groups is 1. The Morgan fingerprint density at radius 3 is 1.55 bits per heavy atom. The topological polar surface area (TPSA) is 685 Å². The number of nitrogens with two attached hydrogens (primary N) is 5. The van der Waals surface area contributed by atoms with Crippen molar-refractivity contribution in [3.63, 3.8) is 0 Å². The van der Waals surface area contributed by atoms with E-state index in [2.05, 4.69) is 94.1 Å². The molecule has 2 saturated heterocycles. The third-order valence-electron chi connectivity index (χ3n) is 18.7. The predicted octanol–water partition coefficient (Wildman–Crippen LogP) is -8.05. The number of likely N-dealkylation sites (tertiary alicyclic amines) is 2. The molecule has 2 aromatic carbocycles. The van der Waals surface area contributed by atoms with Crippen LogP contribution in [0.2, 0.25) is 0 Å². The standard InChI is InChI=1S/C72H110N20O22S3/c1-37(58(100)87-47(31-40-18-20-41(95)21-19-40)70(112)91-27-10-16-52(91)66(108)79-33-55(97)81-50(35-115)65(107)88-48(71(113)114)32-54(74)96)80-64(106)51(36-116)90-61(103)44(24-29-117-3)84-62(104)46(30-39-12-5-4-6-13-39)86-67(109)53-17-11-28-92(53)69(111)45(15-9-26-78-72(76)77)85-59(101)42(14-7-8-25-73)82-60(102)43(22-23-56(98)99)83-63(105)49(34-93)89-68(110)57(75)38(2)94/h4-6,12-13,18-21,37-38,42-53,57,93-95,115-116H,7-11,14-17,22-36,73,75H2,1-3H3,(H2,74,96)(H,79,108)(H,80,106)(H,81,97)(H,82,102)(H,83,105)(H,84,104)(H,85,101)(H,86,109)(H,87,100)(H,88,107)(H,89,110)(H,90,103)(H,98,99)(H,113,114)(H4,76,77,78)/t37-,38+,42-,43-,44-,45-,46-,47-,48-,49-,50-,51-,52-,53-,57-/m0/s1. The number of hydrogen-bond acceptors (Lipinski definition) is 26. The molecule has 0 aromatic heterocycles. The van der Waals surface area contributed by atoms with E-state index in [-0.39, 0.29) is 119 Å². The lowest BCUT2D eigenvalue weighted by molar-refractivity contribution is -0.143. The van der Waals surface area contributed by atoms with Crippen LogP contribution in [0.5, 0.6) is 5.75 Å². The lowest BCUT2D eigenvalue weighted by atomic mass is 10.0. The van der Waals surface area contributed by atoms with E-state index >= 15 is 0 Å². The lowest BCUT2D eigenvalue weighted by Crippen LogP contribution is -2.61. The van der Waals surface area contributed by atoms with Gasteiger partial charge in [0.2, 0.25) is 88.6 Å². The van der Waals surface area contributed by atoms with E-state index in [1.54, 1.807) is 36.6 Å². The van der Waals surface area contributed by atoms with Crippen LogP contribution in [0.15, 0.2) is 59.6 Å². The fourth-order valence-electron chi connectivity index (χ4n) is 12.3. The number of benzene rings is 2. The molecule has 4 rings (SSSR count). The van der Waals surface area contributed by atoms with E-state index in [4.69, 9.17) is 28.7 Å². The zero-order chi connectivity index (χ0) is 87.2. The normalized spacial score (nSPS) is 17.0. The van der Waals surface area contributed by atoms with Gasteiger partial charge in [-0.1, -0.05) is 42.5 Å². The molecule has 2 heterocycles. The van der Waals surface area contributed by atoms with Crippen molar-refractivity contribution in [3.05, 3.63) is 65.7 Å². The minimum Gasteiger partial charge on any atom is -0.508 e. The summed E-state index contributed by atoms with van der Waals surface area (Å²) in [5, 5.41) is 78.5. The van der Waals surface area contributed by atoms with Crippen molar-refractivity contribution in [2.24, 2.45) is 33.7 Å². The molecule has 42 nitrogen and oxygen atoms in total. The molecule has 27 N–H and O–H groups in total. The van der Waals surface area contributed by atoms with Crippen molar-refractivity contribution in [3.8, 4) is 5.75 Å². The summed E-state index contributed by atoms with van der Waals surface area (Å²) in [6.45, 7) is 0.793. The van der Waals surface area contributed by atoms with E-state index in [9.17, 15) is 107 Å². The number of carboxylic acids is 2. The van der Waals surface area contributed by atoms with Gasteiger partial charge in [-0.3, -0.25) is 81.7 Å². The molecule has 0 radical (unpaired) electrons. The minimum absolute atomic E-state index is 0.00716. The van der Waals surface area contributed by atoms with Crippen LogP contribution in [-0.2, 0) is 94.3 Å². The second kappa shape index (κ2) is 50.8. The third-order valence-corrected chi connectivity index (χ3v) is 20.1. The molecule has 0 spiro atoms. The van der Waals surface area contributed by atoms with Crippen LogP contribution in [-0.4, -0.2) is 295 Å². The highest BCUT2D eigenvalue weighted by Gasteiger charge is 2.43. The van der Waals surface area contributed by atoms with Crippen LogP contribution in [0.25, 0.3) is 0 Å². The first kappa shape index (κ1) is 98.8. The van der Waals surface area contributed by atoms with Crippen LogP contribution in [0.1, 0.15) is 108 Å². The largest absolute Gasteiger partial charge is 0.508 e. The number of thiol groups is 2. The van der Waals surface area contributed by atoms with Crippen LogP contribution in [0.3, 0.4) is 0 Å². The maximum absolute atomic E-state index is 15.0. The number of rotatable bonds is 51. The maximum atomic E-state index is 15.0. The van der Waals surface area contributed by atoms with E-state index in [0.29, 0.717) is 24.0 Å². The van der Waals surface area contributed by atoms with Gasteiger partial charge in [-0.25, -0.2) is 4.79 Å². The number of aliphatic carboxylic acids is 2. The van der Waals surface area contributed by atoms with Gasteiger partial charge in [0.15, 0.2) is 5.96 Å². The van der Waals surface area contributed by atoms with Crippen molar-refractivity contribution in [1.29, 1.82) is 0 Å². The number of amides is 15. The number of carbonyl (C=O) groups excluding carboxylic acids is 15. The first-order valence-electron chi connectivity index (χ1n) is 37.7. The molecule has 648 valence electrons. The third kappa shape index (κ3) is 33.5. The van der Waals surface area contributed by atoms with Crippen molar-refractivity contribution < 1.29 is 107 Å². The first-order valence-corrected chi connectivity index (χ1v) is 40.4. The molecule has 15 atom stereocenters. The molecule has 2 aliphatic rings. The van der Waals surface area contributed by atoms with Gasteiger partial charge in [-0.2, -0.15) is 37.0 Å². The van der Waals surface area contributed by atoms with Gasteiger partial charge in [0.1, 0.15) is 90.3 Å². The average molecular weight is 1700 g/mol. The summed E-state index contributed by atoms with van der Waals surface area (Å²) >= 11 is 9.67. The van der Waals surface area contributed by atoms with E-state index in [1.807, 2.05) is 0 Å². The number of aliphatic hydroxyl groups excluding tert-OH is 2. The van der Waals surface area contributed by atoms with Crippen LogP contribution < -0.4 is 92.5 Å². The van der Waals surface area contributed by atoms with E-state index in [1.165, 1.54) is 59.7 Å². The Hall–Kier alpha value is -10.6. The van der Waals surface area contributed by atoms with Gasteiger partial charge in [-0.05, 0) is 126 Å². The zero-order valence-corrected chi connectivity index (χ0v) is 67.6. The predicted molar refractivity (Wildman–Crippen MR) is 430 cm³/mol. The highest BCUT2D eigenvalue weighted by molar-refractivity contribution is 7.98. The number of carbonyl (C=O) groups is 17. The van der Waals surface area contributed by atoms with E-state index < -0.39 is 224 Å². The molecule has 0 unspecified atom stereocenters. The Balaban J connectivity index is 1.54. The highest BCUT2D eigenvalue weighted by atomic mass is 32.2. The van der Waals surface area contributed by atoms with E-state index in [0.717, 1.165) is 0 Å². The Kier molecular flexibility index (Phi) is 42.9. The number of phenols is 1. The molecule has 2 aliphatic heterocycles. The molecule has 0 aliphatic carbocycles. The zero-order valence-electron chi connectivity index (χ0n) is 65.0. The Morgan fingerprint density at radius 2 is 1.01 bits per heavy atom. The Morgan fingerprint density at radius 1 is 0.538 bits per heavy atom. The number of primary amides is 1. The minimum atomic E-state index is -1.74. The first-order chi connectivity index (χ1) is 55.5. The van der Waals surface area contributed by atoms with Gasteiger partial charge in [0.05, 0.1) is 25.7 Å². The summed E-state index contributed by atoms with van der Waals surface area (Å²) < 4.78 is 0. The molecule has 45 heteroatoms. The smallest absolute Gasteiger partial charge is 0.326 e. The fraction of sp³-hybridized carbons (Fsp3) is 0.583. The van der Waals surface area contributed by atoms with Gasteiger partial charge >= 0.3 is 11.9 Å². The van der Waals surface area contributed by atoms with Crippen LogP contribution in [0.4, 0.5) is 0 Å². The molecule has 117 heavy (non-hydrogen) atoms. The number of thioether (sulfide) groups is 1. The summed E-state index contributed by atoms with van der Waals surface area (Å²) in [6, 6.07) is -6.73. The number of aliphatic imine (C=N–C) groups is 1. The molecular weight excluding hydrogens is 1590 g/mol. The summed E-state index contributed by atoms with van der Waals surface area (Å²) in [7, 11) is 0. The van der Waals surface area contributed by atoms with Crippen molar-refractivity contribution in [1.82, 2.24) is 73.6 Å². The SMILES string of the molecule is CSCC[C@H](NC(=O)[C@H](Cc1ccccc1)NC(=O)[C@@H]1CCCN1C(=O)[C@H](CCCN=C(N)N)NC(=O)[C@H](CCCCN)NC(=O)[C@H](CCC(=O)O)NC(=O)[C@H](CO)NC(=O)[C@@H](N)[C@@H](C)O)C(=O)N[C@@H](CS)C(=O)N[C@@H](C)C(=O)N[C@@H](Cc1ccc(O)cc1)C(=O)N1CCC[C@H]1C(=O)NCC(=O)N[C@@H](CS)C(=O)N[C@@H](CC(N)=O)C(=O)O. The molecule has 0 bridgehead atoms. The molecule has 0 saturated carbocycles. The van der Waals surface area contributed by atoms with Crippen LogP contribution >= 0.6 is 37.0 Å². The lowest BCUT2D eigenvalue weighted by Gasteiger charge is -2.31. The van der Waals surface area contributed by atoms with Gasteiger partial charge in [0.25, 0.3) is 0 Å². The van der Waals surface area contributed by atoms with Crippen molar-refractivity contribution in [2.75, 3.05) is 62.8 Å². The maximum Gasteiger partial charge on any atom is 0.326 e. The highest BCUT2D eigenvalue weighted by Crippen LogP contribution is 2.24. The Bertz CT molecular complexity index is 3800. The molecule has 2 fully saturated rings. The number of guanidine groups is 1. The number of aliphatic hydroxyl groups is 2. The summed E-state index contributed by atoms with van der Waals surface area (Å²) in [4.78, 5) is 237. The number of nitrogens with one attached hydrogen (secondary N) is 12.